The molecule has 0 aliphatic carbocycles. The van der Waals surface area contributed by atoms with Crippen molar-refractivity contribution in [2.24, 2.45) is 0 Å². The molecule has 0 unspecified atom stereocenters. The molecule has 0 saturated carbocycles. The van der Waals surface area contributed by atoms with Gasteiger partial charge in [0.15, 0.2) is 11.6 Å². The number of fused-ring (bicyclic) bond motifs is 1. The minimum Gasteiger partial charge on any atom is -0.488 e. The highest BCUT2D eigenvalue weighted by Gasteiger charge is 2.25. The van der Waals surface area contributed by atoms with Crippen molar-refractivity contribution in [3.63, 3.8) is 0 Å². The first-order valence-corrected chi connectivity index (χ1v) is 8.60. The molecule has 5 nitrogen and oxygen atoms in total. The highest BCUT2D eigenvalue weighted by atomic mass is 16.5. The van der Waals surface area contributed by atoms with E-state index in [-0.39, 0.29) is 6.03 Å². The number of ether oxygens (including phenoxy) is 1. The maximum absolute atomic E-state index is 12.7. The molecule has 0 fully saturated rings. The Morgan fingerprint density at radius 2 is 1.73 bits per heavy atom. The van der Waals surface area contributed by atoms with Gasteiger partial charge >= 0.3 is 6.03 Å². The number of hydrogen-bond donors (Lipinski definition) is 1. The van der Waals surface area contributed by atoms with Crippen LogP contribution in [0.3, 0.4) is 0 Å². The van der Waals surface area contributed by atoms with Gasteiger partial charge in [-0.2, -0.15) is 0 Å². The SMILES string of the molecule is O=C(Nc1ccccc1)N1CCOc2ccc(Cc3ccccc3)nc21. The van der Waals surface area contributed by atoms with Gasteiger partial charge in [0.2, 0.25) is 0 Å². The van der Waals surface area contributed by atoms with Gasteiger partial charge in [0, 0.05) is 17.8 Å². The summed E-state index contributed by atoms with van der Waals surface area (Å²) in [4.78, 5) is 19.1. The first kappa shape index (κ1) is 16.1. The monoisotopic (exact) mass is 345 g/mol. The van der Waals surface area contributed by atoms with Crippen LogP contribution in [-0.2, 0) is 6.42 Å². The Balaban J connectivity index is 1.58. The van der Waals surface area contributed by atoms with E-state index >= 15 is 0 Å². The number of nitrogens with one attached hydrogen (secondary N) is 1. The molecule has 4 rings (SSSR count). The van der Waals surface area contributed by atoms with Gasteiger partial charge in [-0.05, 0) is 29.8 Å². The third kappa shape index (κ3) is 3.52. The molecule has 2 heterocycles. The highest BCUT2D eigenvalue weighted by Crippen LogP contribution is 2.30. The predicted molar refractivity (Wildman–Crippen MR) is 102 cm³/mol. The molecule has 5 heteroatoms. The molecule has 1 aliphatic rings. The lowest BCUT2D eigenvalue weighted by Crippen LogP contribution is -2.41. The van der Waals surface area contributed by atoms with Gasteiger partial charge in [-0.25, -0.2) is 9.78 Å². The number of anilines is 2. The quantitative estimate of drug-likeness (QED) is 0.777. The van der Waals surface area contributed by atoms with Crippen molar-refractivity contribution in [2.75, 3.05) is 23.4 Å². The van der Waals surface area contributed by atoms with E-state index in [0.29, 0.717) is 31.1 Å². The lowest BCUT2D eigenvalue weighted by molar-refractivity contribution is 0.249. The van der Waals surface area contributed by atoms with Crippen molar-refractivity contribution >= 4 is 17.5 Å². The number of aromatic nitrogens is 1. The Labute approximate surface area is 152 Å². The second-order valence-electron chi connectivity index (χ2n) is 6.08. The molecule has 0 bridgehead atoms. The second kappa shape index (κ2) is 7.27. The first-order valence-electron chi connectivity index (χ1n) is 8.60. The number of carbonyl (C=O) groups is 1. The van der Waals surface area contributed by atoms with Crippen molar-refractivity contribution in [1.29, 1.82) is 0 Å². The fourth-order valence-corrected chi connectivity index (χ4v) is 2.95. The zero-order valence-corrected chi connectivity index (χ0v) is 14.3. The Bertz CT molecular complexity index is 898. The summed E-state index contributed by atoms with van der Waals surface area (Å²) in [7, 11) is 0. The molecule has 1 aliphatic heterocycles. The van der Waals surface area contributed by atoms with Gasteiger partial charge in [-0.1, -0.05) is 48.5 Å². The molecule has 3 aromatic rings. The number of para-hydroxylation sites is 1. The Kier molecular flexibility index (Phi) is 4.51. The van der Waals surface area contributed by atoms with E-state index in [1.807, 2.05) is 60.7 Å². The largest absolute Gasteiger partial charge is 0.488 e. The van der Waals surface area contributed by atoms with Crippen molar-refractivity contribution in [1.82, 2.24) is 4.98 Å². The van der Waals surface area contributed by atoms with Crippen LogP contribution >= 0.6 is 0 Å². The normalized spacial score (nSPS) is 12.8. The first-order chi connectivity index (χ1) is 12.8. The third-order valence-corrected chi connectivity index (χ3v) is 4.22. The number of pyridine rings is 1. The Morgan fingerprint density at radius 1 is 1.00 bits per heavy atom. The summed E-state index contributed by atoms with van der Waals surface area (Å²) < 4.78 is 5.68. The van der Waals surface area contributed by atoms with Crippen LogP contribution in [0.4, 0.5) is 16.3 Å². The summed E-state index contributed by atoms with van der Waals surface area (Å²) in [6.45, 7) is 0.919. The van der Waals surface area contributed by atoms with Gasteiger partial charge in [0.1, 0.15) is 6.61 Å². The molecule has 130 valence electrons. The van der Waals surface area contributed by atoms with Crippen LogP contribution in [0.15, 0.2) is 72.8 Å². The van der Waals surface area contributed by atoms with Gasteiger partial charge < -0.3 is 10.1 Å². The van der Waals surface area contributed by atoms with Crippen LogP contribution < -0.4 is 15.0 Å². The number of benzene rings is 2. The van der Waals surface area contributed by atoms with Crippen molar-refractivity contribution in [2.45, 2.75) is 6.42 Å². The Morgan fingerprint density at radius 3 is 2.50 bits per heavy atom. The van der Waals surface area contributed by atoms with E-state index in [1.54, 1.807) is 4.90 Å². The minimum atomic E-state index is -0.204. The zero-order chi connectivity index (χ0) is 17.8. The number of rotatable bonds is 3. The van der Waals surface area contributed by atoms with Crippen LogP contribution in [-0.4, -0.2) is 24.2 Å². The van der Waals surface area contributed by atoms with E-state index in [0.717, 1.165) is 11.4 Å². The standard InChI is InChI=1S/C21H19N3O2/c25-21(23-17-9-5-2-6-10-17)24-13-14-26-19-12-11-18(22-20(19)24)15-16-7-3-1-4-8-16/h1-12H,13-15H2,(H,23,25). The number of carbonyl (C=O) groups excluding carboxylic acids is 1. The number of hydrogen-bond acceptors (Lipinski definition) is 3. The van der Waals surface area contributed by atoms with Crippen LogP contribution in [0.2, 0.25) is 0 Å². The molecule has 1 N–H and O–H groups in total. The molecular formula is C21H19N3O2. The van der Waals surface area contributed by atoms with Crippen molar-refractivity contribution in [3.05, 3.63) is 84.1 Å². The smallest absolute Gasteiger partial charge is 0.327 e. The molecule has 26 heavy (non-hydrogen) atoms. The lowest BCUT2D eigenvalue weighted by atomic mass is 10.1. The van der Waals surface area contributed by atoms with Crippen molar-refractivity contribution < 1.29 is 9.53 Å². The van der Waals surface area contributed by atoms with E-state index in [9.17, 15) is 4.79 Å². The Hall–Kier alpha value is -3.34. The highest BCUT2D eigenvalue weighted by molar-refractivity contribution is 6.02. The van der Waals surface area contributed by atoms with E-state index in [1.165, 1.54) is 5.56 Å². The van der Waals surface area contributed by atoms with Gasteiger partial charge in [-0.15, -0.1) is 0 Å². The molecule has 1 aromatic heterocycles. The third-order valence-electron chi connectivity index (χ3n) is 4.22. The number of urea groups is 1. The van der Waals surface area contributed by atoms with Crippen LogP contribution in [0.25, 0.3) is 0 Å². The van der Waals surface area contributed by atoms with Gasteiger partial charge in [0.05, 0.1) is 6.54 Å². The van der Waals surface area contributed by atoms with Crippen molar-refractivity contribution in [3.8, 4) is 5.75 Å². The van der Waals surface area contributed by atoms with Crippen LogP contribution in [0, 0.1) is 0 Å². The number of amides is 2. The van der Waals surface area contributed by atoms with Gasteiger partial charge in [0.25, 0.3) is 0 Å². The average Bonchev–Trinajstić information content (AvgIpc) is 2.69. The fourth-order valence-electron chi connectivity index (χ4n) is 2.95. The summed E-state index contributed by atoms with van der Waals surface area (Å²) in [5, 5.41) is 2.91. The predicted octanol–water partition coefficient (Wildman–Crippen LogP) is 4.10. The molecule has 0 atom stereocenters. The van der Waals surface area contributed by atoms with E-state index in [2.05, 4.69) is 17.4 Å². The number of nitrogens with zero attached hydrogens (tertiary/aromatic N) is 2. The molecule has 2 aromatic carbocycles. The maximum atomic E-state index is 12.7. The molecule has 0 spiro atoms. The summed E-state index contributed by atoms with van der Waals surface area (Å²) in [6.07, 6.45) is 0.711. The average molecular weight is 345 g/mol. The van der Waals surface area contributed by atoms with Gasteiger partial charge in [-0.3, -0.25) is 4.90 Å². The lowest BCUT2D eigenvalue weighted by Gasteiger charge is -2.28. The fraction of sp³-hybridized carbons (Fsp3) is 0.143. The van der Waals surface area contributed by atoms with E-state index < -0.39 is 0 Å². The zero-order valence-electron chi connectivity index (χ0n) is 14.3. The molecule has 0 saturated heterocycles. The molecule has 0 radical (unpaired) electrons. The summed E-state index contributed by atoms with van der Waals surface area (Å²) in [6, 6.07) is 23.2. The molecule has 2 amide bonds. The minimum absolute atomic E-state index is 0.204. The van der Waals surface area contributed by atoms with Crippen LogP contribution in [0.5, 0.6) is 5.75 Å². The van der Waals surface area contributed by atoms with Crippen LogP contribution in [0.1, 0.15) is 11.3 Å². The van der Waals surface area contributed by atoms with E-state index in [4.69, 9.17) is 9.72 Å². The molecular weight excluding hydrogens is 326 g/mol. The topological polar surface area (TPSA) is 54.5 Å². The second-order valence-corrected chi connectivity index (χ2v) is 6.08. The maximum Gasteiger partial charge on any atom is 0.327 e. The summed E-state index contributed by atoms with van der Waals surface area (Å²) in [5.74, 6) is 1.20. The summed E-state index contributed by atoms with van der Waals surface area (Å²) in [5.41, 5.74) is 2.83. The summed E-state index contributed by atoms with van der Waals surface area (Å²) >= 11 is 0.